The molecule has 1 saturated heterocycles. The van der Waals surface area contributed by atoms with Crippen molar-refractivity contribution in [2.45, 2.75) is 77.5 Å². The van der Waals surface area contributed by atoms with Gasteiger partial charge in [-0.2, -0.15) is 0 Å². The molecule has 1 heterocycles. The highest BCUT2D eigenvalue weighted by atomic mass is 16.5. The van der Waals surface area contributed by atoms with Gasteiger partial charge in [0.1, 0.15) is 0 Å². The van der Waals surface area contributed by atoms with E-state index in [0.717, 1.165) is 38.2 Å². The van der Waals surface area contributed by atoms with Crippen molar-refractivity contribution in [3.63, 3.8) is 0 Å². The summed E-state index contributed by atoms with van der Waals surface area (Å²) < 4.78 is 5.90. The third-order valence-electron chi connectivity index (χ3n) is 5.08. The molecule has 3 heteroatoms. The summed E-state index contributed by atoms with van der Waals surface area (Å²) in [5.41, 5.74) is 0. The summed E-state index contributed by atoms with van der Waals surface area (Å²) in [6, 6.07) is 1.38. The van der Waals surface area contributed by atoms with Gasteiger partial charge in [0.2, 0.25) is 0 Å². The highest BCUT2D eigenvalue weighted by Crippen LogP contribution is 2.27. The Bertz CT molecular complexity index is 262. The zero-order valence-corrected chi connectivity index (χ0v) is 13.7. The van der Waals surface area contributed by atoms with Gasteiger partial charge in [0, 0.05) is 31.7 Å². The van der Waals surface area contributed by atoms with E-state index in [1.807, 2.05) is 0 Å². The highest BCUT2D eigenvalue weighted by Gasteiger charge is 2.24. The smallest absolute Gasteiger partial charge is 0.0826 e. The molecule has 0 amide bonds. The summed E-state index contributed by atoms with van der Waals surface area (Å²) in [5.74, 6) is 1.00. The Morgan fingerprint density at radius 3 is 2.60 bits per heavy atom. The van der Waals surface area contributed by atoms with Crippen LogP contribution >= 0.6 is 0 Å². The molecule has 20 heavy (non-hydrogen) atoms. The summed E-state index contributed by atoms with van der Waals surface area (Å²) in [7, 11) is 0. The van der Waals surface area contributed by atoms with Crippen LogP contribution in [-0.2, 0) is 4.74 Å². The van der Waals surface area contributed by atoms with Crippen LogP contribution in [0.3, 0.4) is 0 Å². The van der Waals surface area contributed by atoms with Crippen LogP contribution in [0.5, 0.6) is 0 Å². The molecule has 1 N–H and O–H groups in total. The molecule has 2 aliphatic rings. The van der Waals surface area contributed by atoms with Crippen molar-refractivity contribution in [2.75, 3.05) is 26.2 Å². The van der Waals surface area contributed by atoms with E-state index in [9.17, 15) is 0 Å². The van der Waals surface area contributed by atoms with E-state index in [2.05, 4.69) is 31.0 Å². The Kier molecular flexibility index (Phi) is 6.79. The molecule has 2 fully saturated rings. The zero-order valence-electron chi connectivity index (χ0n) is 13.7. The lowest BCUT2D eigenvalue weighted by Crippen LogP contribution is -2.50. The molecule has 0 aromatic heterocycles. The molecular formula is C17H34N2O. The van der Waals surface area contributed by atoms with Gasteiger partial charge in [-0.15, -0.1) is 0 Å². The minimum Gasteiger partial charge on any atom is -0.374 e. The van der Waals surface area contributed by atoms with Gasteiger partial charge in [0.25, 0.3) is 0 Å². The van der Waals surface area contributed by atoms with Crippen LogP contribution in [0, 0.1) is 5.92 Å². The van der Waals surface area contributed by atoms with Gasteiger partial charge in [-0.05, 0) is 45.4 Å². The van der Waals surface area contributed by atoms with Crippen molar-refractivity contribution in [1.29, 1.82) is 0 Å². The van der Waals surface area contributed by atoms with Gasteiger partial charge in [0.15, 0.2) is 0 Å². The van der Waals surface area contributed by atoms with Crippen LogP contribution in [0.1, 0.15) is 59.3 Å². The summed E-state index contributed by atoms with van der Waals surface area (Å²) in [6.45, 7) is 11.0. The van der Waals surface area contributed by atoms with E-state index in [1.165, 1.54) is 38.5 Å². The van der Waals surface area contributed by atoms with E-state index in [0.29, 0.717) is 12.1 Å². The molecular weight excluding hydrogens is 248 g/mol. The maximum absolute atomic E-state index is 5.90. The Hall–Kier alpha value is -0.120. The van der Waals surface area contributed by atoms with E-state index < -0.39 is 0 Å². The summed E-state index contributed by atoms with van der Waals surface area (Å²) in [5, 5.41) is 3.76. The van der Waals surface area contributed by atoms with E-state index in [1.54, 1.807) is 0 Å². The second-order valence-electron chi connectivity index (χ2n) is 7.00. The molecule has 1 aliphatic heterocycles. The molecule has 1 saturated carbocycles. The Morgan fingerprint density at radius 1 is 1.20 bits per heavy atom. The molecule has 0 bridgehead atoms. The highest BCUT2D eigenvalue weighted by molar-refractivity contribution is 4.81. The van der Waals surface area contributed by atoms with Crippen molar-refractivity contribution in [2.24, 2.45) is 5.92 Å². The van der Waals surface area contributed by atoms with Crippen molar-refractivity contribution in [1.82, 2.24) is 10.2 Å². The number of rotatable bonds is 6. The topological polar surface area (TPSA) is 24.5 Å². The van der Waals surface area contributed by atoms with Crippen LogP contribution in [0.25, 0.3) is 0 Å². The van der Waals surface area contributed by atoms with Gasteiger partial charge in [0.05, 0.1) is 12.7 Å². The minimum absolute atomic E-state index is 0.388. The second-order valence-corrected chi connectivity index (χ2v) is 7.00. The number of morpholine rings is 1. The first-order valence-corrected chi connectivity index (χ1v) is 8.78. The number of nitrogens with zero attached hydrogens (tertiary/aromatic N) is 1. The van der Waals surface area contributed by atoms with Crippen LogP contribution < -0.4 is 5.32 Å². The van der Waals surface area contributed by atoms with Gasteiger partial charge in [-0.3, -0.25) is 4.90 Å². The molecule has 0 spiro atoms. The normalized spacial score (nSPS) is 32.7. The van der Waals surface area contributed by atoms with E-state index >= 15 is 0 Å². The average molecular weight is 282 g/mol. The Morgan fingerprint density at radius 2 is 1.95 bits per heavy atom. The minimum atomic E-state index is 0.388. The molecule has 0 radical (unpaired) electrons. The van der Waals surface area contributed by atoms with Crippen molar-refractivity contribution >= 4 is 0 Å². The molecule has 1 atom stereocenters. The standard InChI is InChI=1S/C17H34N2O/c1-4-5-15-6-8-16(9-7-15)18-12-17-13-19(14(2)3)10-11-20-17/h14-18H,4-13H2,1-3H3. The SMILES string of the molecule is CCCC1CCC(NCC2CN(C(C)C)CCO2)CC1. The lowest BCUT2D eigenvalue weighted by Gasteiger charge is -2.37. The molecule has 2 rings (SSSR count). The van der Waals surface area contributed by atoms with Crippen LogP contribution in [-0.4, -0.2) is 49.3 Å². The van der Waals surface area contributed by atoms with Crippen LogP contribution in [0.15, 0.2) is 0 Å². The van der Waals surface area contributed by atoms with E-state index in [4.69, 9.17) is 4.74 Å². The fraction of sp³-hybridized carbons (Fsp3) is 1.00. The average Bonchev–Trinajstić information content (AvgIpc) is 2.47. The second kappa shape index (κ2) is 8.35. The van der Waals surface area contributed by atoms with Gasteiger partial charge in [-0.25, -0.2) is 0 Å². The number of hydrogen-bond acceptors (Lipinski definition) is 3. The molecule has 0 aromatic rings. The monoisotopic (exact) mass is 282 g/mol. The summed E-state index contributed by atoms with van der Waals surface area (Å²) >= 11 is 0. The number of ether oxygens (including phenoxy) is 1. The van der Waals surface area contributed by atoms with Gasteiger partial charge < -0.3 is 10.1 Å². The van der Waals surface area contributed by atoms with Crippen LogP contribution in [0.2, 0.25) is 0 Å². The first-order chi connectivity index (χ1) is 9.69. The molecule has 3 nitrogen and oxygen atoms in total. The van der Waals surface area contributed by atoms with Gasteiger partial charge >= 0.3 is 0 Å². The maximum atomic E-state index is 5.90. The molecule has 1 aliphatic carbocycles. The predicted molar refractivity (Wildman–Crippen MR) is 85.1 cm³/mol. The molecule has 0 aromatic carbocycles. The third kappa shape index (κ3) is 5.01. The number of nitrogens with one attached hydrogen (secondary N) is 1. The quantitative estimate of drug-likeness (QED) is 0.810. The summed E-state index contributed by atoms with van der Waals surface area (Å²) in [6.07, 6.45) is 8.76. The van der Waals surface area contributed by atoms with E-state index in [-0.39, 0.29) is 0 Å². The predicted octanol–water partition coefficient (Wildman–Crippen LogP) is 3.04. The van der Waals surface area contributed by atoms with Crippen molar-refractivity contribution in [3.05, 3.63) is 0 Å². The lowest BCUT2D eigenvalue weighted by molar-refractivity contribution is -0.0386. The van der Waals surface area contributed by atoms with Crippen LogP contribution in [0.4, 0.5) is 0 Å². The number of hydrogen-bond donors (Lipinski definition) is 1. The lowest BCUT2D eigenvalue weighted by atomic mass is 9.83. The fourth-order valence-electron chi connectivity index (χ4n) is 3.70. The Labute approximate surface area is 125 Å². The first-order valence-electron chi connectivity index (χ1n) is 8.78. The summed E-state index contributed by atoms with van der Waals surface area (Å²) in [4.78, 5) is 2.54. The molecule has 1 unspecified atom stereocenters. The molecule has 118 valence electrons. The first kappa shape index (κ1) is 16.3. The van der Waals surface area contributed by atoms with Crippen molar-refractivity contribution in [3.8, 4) is 0 Å². The van der Waals surface area contributed by atoms with Gasteiger partial charge in [-0.1, -0.05) is 19.8 Å². The Balaban J connectivity index is 1.63. The fourth-order valence-corrected chi connectivity index (χ4v) is 3.70. The largest absolute Gasteiger partial charge is 0.374 e. The third-order valence-corrected chi connectivity index (χ3v) is 5.08. The maximum Gasteiger partial charge on any atom is 0.0826 e. The zero-order chi connectivity index (χ0) is 14.4. The van der Waals surface area contributed by atoms with Crippen molar-refractivity contribution < 1.29 is 4.74 Å².